The van der Waals surface area contributed by atoms with Gasteiger partial charge in [-0.05, 0) is 18.5 Å². The summed E-state index contributed by atoms with van der Waals surface area (Å²) in [7, 11) is -0.409. The van der Waals surface area contributed by atoms with Crippen molar-refractivity contribution in [2.75, 3.05) is 0 Å². The second kappa shape index (κ2) is 10.5. The molecule has 3 heteroatoms. The molecule has 0 spiro atoms. The molecular weight excluding hydrogens is 431 g/mol. The standard InChI is InChI=1S/C17H14P.C5H4Br.Fe/c1-3-9-15(10-4-1)18(17-13-7-8-14-17)16-11-5-2-6-12-16;6-5-3-1-2-4-5;/h1-14H;1-4H;/q2*-1;+2. The first-order chi connectivity index (χ1) is 11.8. The van der Waals surface area contributed by atoms with Crippen LogP contribution in [0.5, 0.6) is 0 Å². The molecule has 0 atom stereocenters. The van der Waals surface area contributed by atoms with E-state index >= 15 is 0 Å². The zero-order chi connectivity index (χ0) is 16.6. The number of rotatable bonds is 3. The van der Waals surface area contributed by atoms with Crippen LogP contribution in [0.2, 0.25) is 0 Å². The second-order valence-corrected chi connectivity index (χ2v) is 8.39. The summed E-state index contributed by atoms with van der Waals surface area (Å²) in [6, 6.07) is 38.2. The van der Waals surface area contributed by atoms with E-state index < -0.39 is 7.92 Å². The molecule has 0 aromatic heterocycles. The Morgan fingerprint density at radius 3 is 1.48 bits per heavy atom. The molecule has 4 aromatic rings. The van der Waals surface area contributed by atoms with Gasteiger partial charge in [-0.3, -0.25) is 0 Å². The molecule has 0 saturated heterocycles. The van der Waals surface area contributed by atoms with Gasteiger partial charge in [0.25, 0.3) is 0 Å². The minimum Gasteiger partial charge on any atom is -0.213 e. The van der Waals surface area contributed by atoms with E-state index in [1.165, 1.54) is 15.9 Å². The van der Waals surface area contributed by atoms with Gasteiger partial charge in [0.2, 0.25) is 0 Å². The van der Waals surface area contributed by atoms with Gasteiger partial charge in [-0.15, -0.1) is 9.78 Å². The summed E-state index contributed by atoms with van der Waals surface area (Å²) in [6.45, 7) is 0. The molecule has 0 unspecified atom stereocenters. The van der Waals surface area contributed by atoms with E-state index in [1.807, 2.05) is 24.3 Å². The van der Waals surface area contributed by atoms with Gasteiger partial charge in [0.05, 0.1) is 0 Å². The molecule has 0 N–H and O–H groups in total. The largest absolute Gasteiger partial charge is 2.00 e. The Kier molecular flexibility index (Phi) is 8.38. The average molecular weight is 449 g/mol. The van der Waals surface area contributed by atoms with E-state index in [9.17, 15) is 0 Å². The van der Waals surface area contributed by atoms with Crippen molar-refractivity contribution >= 4 is 39.8 Å². The van der Waals surface area contributed by atoms with Crippen molar-refractivity contribution in [1.29, 1.82) is 0 Å². The molecule has 0 aliphatic heterocycles. The predicted octanol–water partition coefficient (Wildman–Crippen LogP) is 5.33. The van der Waals surface area contributed by atoms with Crippen molar-refractivity contribution in [3.05, 3.63) is 114 Å². The van der Waals surface area contributed by atoms with Crippen molar-refractivity contribution in [3.63, 3.8) is 0 Å². The van der Waals surface area contributed by atoms with Crippen LogP contribution in [0.15, 0.2) is 114 Å². The van der Waals surface area contributed by atoms with Gasteiger partial charge in [-0.25, -0.2) is 18.2 Å². The van der Waals surface area contributed by atoms with Gasteiger partial charge in [-0.1, -0.05) is 76.6 Å². The quantitative estimate of drug-likeness (QED) is 0.226. The zero-order valence-electron chi connectivity index (χ0n) is 13.6. The number of hydrogen-bond donors (Lipinski definition) is 0. The monoisotopic (exact) mass is 448 g/mol. The van der Waals surface area contributed by atoms with Gasteiger partial charge >= 0.3 is 17.1 Å². The summed E-state index contributed by atoms with van der Waals surface area (Å²) < 4.78 is 1.16. The molecule has 0 nitrogen and oxygen atoms in total. The average Bonchev–Trinajstić information content (AvgIpc) is 3.32. The van der Waals surface area contributed by atoms with Crippen LogP contribution in [0.25, 0.3) is 0 Å². The fraction of sp³-hybridized carbons (Fsp3) is 0. The van der Waals surface area contributed by atoms with E-state index in [1.54, 1.807) is 0 Å². The first kappa shape index (κ1) is 19.9. The molecule has 4 rings (SSSR count). The summed E-state index contributed by atoms with van der Waals surface area (Å²) in [5, 5.41) is 4.23. The molecule has 0 heterocycles. The molecule has 0 aliphatic rings. The van der Waals surface area contributed by atoms with Crippen molar-refractivity contribution in [3.8, 4) is 0 Å². The Balaban J connectivity index is 0.000000275. The molecule has 0 fully saturated rings. The van der Waals surface area contributed by atoms with Crippen molar-refractivity contribution in [2.45, 2.75) is 0 Å². The first-order valence-electron chi connectivity index (χ1n) is 7.84. The van der Waals surface area contributed by atoms with E-state index in [0.29, 0.717) is 0 Å². The molecule has 0 aliphatic carbocycles. The van der Waals surface area contributed by atoms with Gasteiger partial charge < -0.3 is 0 Å². The van der Waals surface area contributed by atoms with E-state index in [4.69, 9.17) is 0 Å². The molecule has 0 radical (unpaired) electrons. The molecule has 0 bridgehead atoms. The third-order valence-corrected chi connectivity index (χ3v) is 6.53. The van der Waals surface area contributed by atoms with E-state index in [0.717, 1.165) is 4.47 Å². The maximum absolute atomic E-state index is 3.28. The van der Waals surface area contributed by atoms with Gasteiger partial charge in [0.1, 0.15) is 0 Å². The summed E-state index contributed by atoms with van der Waals surface area (Å²) in [5.41, 5.74) is 0. The molecule has 0 amide bonds. The normalized spacial score (nSPS) is 9.84. The summed E-state index contributed by atoms with van der Waals surface area (Å²) in [6.07, 6.45) is 0. The second-order valence-electron chi connectivity index (χ2n) is 5.25. The van der Waals surface area contributed by atoms with Crippen LogP contribution < -0.4 is 15.9 Å². The third-order valence-electron chi connectivity index (χ3n) is 3.55. The van der Waals surface area contributed by atoms with Crippen LogP contribution in [0.1, 0.15) is 0 Å². The van der Waals surface area contributed by atoms with Crippen molar-refractivity contribution < 1.29 is 17.1 Å². The van der Waals surface area contributed by atoms with E-state index in [2.05, 4.69) is 101 Å². The Morgan fingerprint density at radius 2 is 1.12 bits per heavy atom. The first-order valence-corrected chi connectivity index (χ1v) is 9.97. The minimum absolute atomic E-state index is 0. The summed E-state index contributed by atoms with van der Waals surface area (Å²) >= 11 is 3.28. The third kappa shape index (κ3) is 5.80. The molecule has 25 heavy (non-hydrogen) atoms. The Bertz CT molecular complexity index is 770. The van der Waals surface area contributed by atoms with Crippen LogP contribution in [0, 0.1) is 0 Å². The van der Waals surface area contributed by atoms with Crippen molar-refractivity contribution in [2.24, 2.45) is 0 Å². The maximum atomic E-state index is 3.28. The fourth-order valence-corrected chi connectivity index (χ4v) is 5.08. The Labute approximate surface area is 170 Å². The van der Waals surface area contributed by atoms with Gasteiger partial charge in [0, 0.05) is 0 Å². The number of halogens is 1. The van der Waals surface area contributed by atoms with Gasteiger partial charge in [0.15, 0.2) is 0 Å². The number of hydrogen-bond acceptors (Lipinski definition) is 0. The SMILES string of the molecule is Brc1ccc[cH-]1.[Fe+2].c1ccc(P(c2ccccc2)c2ccc[cH-]2)cc1. The summed E-state index contributed by atoms with van der Waals surface area (Å²) in [5.74, 6) is 0. The van der Waals surface area contributed by atoms with Gasteiger partial charge in [-0.2, -0.15) is 30.3 Å². The zero-order valence-corrected chi connectivity index (χ0v) is 17.2. The smallest absolute Gasteiger partial charge is 0.213 e. The topological polar surface area (TPSA) is 0 Å². The van der Waals surface area contributed by atoms with Crippen LogP contribution in [-0.4, -0.2) is 0 Å². The fourth-order valence-electron chi connectivity index (χ4n) is 2.46. The Morgan fingerprint density at radius 1 is 0.600 bits per heavy atom. The maximum Gasteiger partial charge on any atom is 2.00 e. The number of benzene rings is 2. The van der Waals surface area contributed by atoms with Crippen LogP contribution in [-0.2, 0) is 17.1 Å². The minimum atomic E-state index is -0.409. The van der Waals surface area contributed by atoms with Crippen LogP contribution >= 0.6 is 23.9 Å². The summed E-state index contributed by atoms with van der Waals surface area (Å²) in [4.78, 5) is 0. The van der Waals surface area contributed by atoms with Crippen LogP contribution in [0.3, 0.4) is 0 Å². The molecule has 0 saturated carbocycles. The predicted molar refractivity (Wildman–Crippen MR) is 110 cm³/mol. The van der Waals surface area contributed by atoms with Crippen LogP contribution in [0.4, 0.5) is 0 Å². The molecular formula is C22H18BrFeP. The Hall–Kier alpha value is -1.43. The molecule has 4 aromatic carbocycles. The van der Waals surface area contributed by atoms with E-state index in [-0.39, 0.29) is 17.1 Å². The van der Waals surface area contributed by atoms with Crippen molar-refractivity contribution in [1.82, 2.24) is 0 Å². The molecule has 126 valence electrons.